The van der Waals surface area contributed by atoms with Gasteiger partial charge in [0.15, 0.2) is 0 Å². The average molecular weight is 294 g/mol. The van der Waals surface area contributed by atoms with E-state index in [2.05, 4.69) is 0 Å². The molecule has 0 bridgehead atoms. The van der Waals surface area contributed by atoms with Crippen molar-refractivity contribution in [3.8, 4) is 0 Å². The minimum Gasteiger partial charge on any atom is -0.396 e. The van der Waals surface area contributed by atoms with Crippen molar-refractivity contribution in [2.75, 3.05) is 16.6 Å². The molecular formula is C14H15FN2O2S. The number of benzene rings is 2. The summed E-state index contributed by atoms with van der Waals surface area (Å²) in [6.07, 6.45) is 0. The minimum atomic E-state index is -3.81. The van der Waals surface area contributed by atoms with E-state index in [9.17, 15) is 12.8 Å². The van der Waals surface area contributed by atoms with E-state index in [1.807, 2.05) is 0 Å². The van der Waals surface area contributed by atoms with Crippen molar-refractivity contribution in [2.24, 2.45) is 0 Å². The Kier molecular flexibility index (Phi) is 3.94. The number of halogens is 1. The van der Waals surface area contributed by atoms with Crippen molar-refractivity contribution in [3.63, 3.8) is 0 Å². The van der Waals surface area contributed by atoms with Crippen molar-refractivity contribution in [1.82, 2.24) is 0 Å². The van der Waals surface area contributed by atoms with Crippen molar-refractivity contribution in [3.05, 3.63) is 54.3 Å². The number of nitrogen functional groups attached to an aromatic ring is 1. The summed E-state index contributed by atoms with van der Waals surface area (Å²) in [5, 5.41) is 0. The molecule has 6 heteroatoms. The van der Waals surface area contributed by atoms with Gasteiger partial charge in [0.2, 0.25) is 0 Å². The Bertz CT molecular complexity index is 702. The molecule has 0 aliphatic carbocycles. The Morgan fingerprint density at radius 1 is 1.15 bits per heavy atom. The van der Waals surface area contributed by atoms with E-state index in [1.165, 1.54) is 16.4 Å². The third kappa shape index (κ3) is 2.60. The van der Waals surface area contributed by atoms with Gasteiger partial charge in [0, 0.05) is 6.54 Å². The summed E-state index contributed by atoms with van der Waals surface area (Å²) in [5.74, 6) is -0.741. The molecule has 0 saturated carbocycles. The standard InChI is InChI=1S/C14H15FN2O2S/c1-2-17(11-6-4-3-5-7-11)20(18,19)12-8-9-14(16)13(15)10-12/h3-10H,2,16H2,1H3. The molecule has 0 atom stereocenters. The second kappa shape index (κ2) is 5.50. The van der Waals surface area contributed by atoms with Gasteiger partial charge in [-0.3, -0.25) is 4.31 Å². The van der Waals surface area contributed by atoms with E-state index in [-0.39, 0.29) is 17.1 Å². The first kappa shape index (κ1) is 14.3. The molecule has 0 heterocycles. The zero-order valence-electron chi connectivity index (χ0n) is 11.0. The Hall–Kier alpha value is -2.08. The highest BCUT2D eigenvalue weighted by molar-refractivity contribution is 7.92. The second-order valence-electron chi connectivity index (χ2n) is 4.19. The lowest BCUT2D eigenvalue weighted by molar-refractivity contribution is 0.588. The fraction of sp³-hybridized carbons (Fsp3) is 0.143. The molecule has 106 valence electrons. The number of anilines is 2. The smallest absolute Gasteiger partial charge is 0.264 e. The monoisotopic (exact) mass is 294 g/mol. The van der Waals surface area contributed by atoms with E-state index in [1.54, 1.807) is 37.3 Å². The molecule has 0 radical (unpaired) electrons. The van der Waals surface area contributed by atoms with E-state index in [0.717, 1.165) is 6.07 Å². The molecule has 2 aromatic rings. The van der Waals surface area contributed by atoms with Crippen LogP contribution in [0.15, 0.2) is 53.4 Å². The number of sulfonamides is 1. The third-order valence-corrected chi connectivity index (χ3v) is 4.79. The number of rotatable bonds is 4. The molecule has 2 N–H and O–H groups in total. The van der Waals surface area contributed by atoms with Gasteiger partial charge in [-0.1, -0.05) is 18.2 Å². The molecule has 4 nitrogen and oxygen atoms in total. The maximum absolute atomic E-state index is 13.5. The fourth-order valence-electron chi connectivity index (χ4n) is 1.88. The largest absolute Gasteiger partial charge is 0.396 e. The summed E-state index contributed by atoms with van der Waals surface area (Å²) in [6.45, 7) is 1.97. The predicted molar refractivity (Wildman–Crippen MR) is 77.5 cm³/mol. The molecular weight excluding hydrogens is 279 g/mol. The summed E-state index contributed by atoms with van der Waals surface area (Å²) < 4.78 is 39.8. The molecule has 0 unspecified atom stereocenters. The number of nitrogens with zero attached hydrogens (tertiary/aromatic N) is 1. The molecule has 0 aromatic heterocycles. The third-order valence-electron chi connectivity index (χ3n) is 2.89. The molecule has 0 fully saturated rings. The van der Waals surface area contributed by atoms with E-state index in [4.69, 9.17) is 5.73 Å². The summed E-state index contributed by atoms with van der Waals surface area (Å²) in [7, 11) is -3.81. The van der Waals surface area contributed by atoms with Crippen LogP contribution >= 0.6 is 0 Å². The van der Waals surface area contributed by atoms with Crippen LogP contribution in [-0.2, 0) is 10.0 Å². The second-order valence-corrected chi connectivity index (χ2v) is 6.05. The summed E-state index contributed by atoms with van der Waals surface area (Å²) in [6, 6.07) is 12.2. The van der Waals surface area contributed by atoms with Crippen LogP contribution in [0.2, 0.25) is 0 Å². The van der Waals surface area contributed by atoms with Gasteiger partial charge >= 0.3 is 0 Å². The normalized spacial score (nSPS) is 11.3. The Morgan fingerprint density at radius 3 is 2.35 bits per heavy atom. The van der Waals surface area contributed by atoms with Crippen molar-refractivity contribution < 1.29 is 12.8 Å². The van der Waals surface area contributed by atoms with Crippen LogP contribution in [0.25, 0.3) is 0 Å². The summed E-state index contributed by atoms with van der Waals surface area (Å²) in [5.41, 5.74) is 5.83. The van der Waals surface area contributed by atoms with E-state index >= 15 is 0 Å². The van der Waals surface area contributed by atoms with Crippen molar-refractivity contribution in [1.29, 1.82) is 0 Å². The lowest BCUT2D eigenvalue weighted by Gasteiger charge is -2.23. The predicted octanol–water partition coefficient (Wildman–Crippen LogP) is 2.62. The van der Waals surface area contributed by atoms with Gasteiger partial charge in [-0.15, -0.1) is 0 Å². The van der Waals surface area contributed by atoms with Crippen LogP contribution in [0.5, 0.6) is 0 Å². The minimum absolute atomic E-state index is 0.0771. The van der Waals surface area contributed by atoms with Gasteiger partial charge in [-0.25, -0.2) is 12.8 Å². The Balaban J connectivity index is 2.50. The fourth-order valence-corrected chi connectivity index (χ4v) is 3.37. The van der Waals surface area contributed by atoms with Gasteiger partial charge < -0.3 is 5.73 Å². The zero-order chi connectivity index (χ0) is 14.8. The molecule has 0 spiro atoms. The molecule has 0 amide bonds. The Labute approximate surface area is 117 Å². The highest BCUT2D eigenvalue weighted by Gasteiger charge is 2.24. The topological polar surface area (TPSA) is 63.4 Å². The molecule has 2 aromatic carbocycles. The van der Waals surface area contributed by atoms with Crippen LogP contribution in [0, 0.1) is 5.82 Å². The molecule has 2 rings (SSSR count). The van der Waals surface area contributed by atoms with E-state index < -0.39 is 15.8 Å². The van der Waals surface area contributed by atoms with Gasteiger partial charge in [-0.2, -0.15) is 0 Å². The SMILES string of the molecule is CCN(c1ccccc1)S(=O)(=O)c1ccc(N)c(F)c1. The molecule has 20 heavy (non-hydrogen) atoms. The highest BCUT2D eigenvalue weighted by atomic mass is 32.2. The maximum Gasteiger partial charge on any atom is 0.264 e. The lowest BCUT2D eigenvalue weighted by Crippen LogP contribution is -2.30. The number of hydrogen-bond donors (Lipinski definition) is 1. The average Bonchev–Trinajstić information content (AvgIpc) is 2.43. The van der Waals surface area contributed by atoms with Gasteiger partial charge in [0.05, 0.1) is 16.3 Å². The molecule has 0 aliphatic rings. The molecule has 0 aliphatic heterocycles. The zero-order valence-corrected chi connectivity index (χ0v) is 11.8. The first-order valence-corrected chi connectivity index (χ1v) is 7.53. The summed E-state index contributed by atoms with van der Waals surface area (Å²) in [4.78, 5) is -0.116. The van der Waals surface area contributed by atoms with Crippen LogP contribution in [0.4, 0.5) is 15.8 Å². The highest BCUT2D eigenvalue weighted by Crippen LogP contribution is 2.24. The van der Waals surface area contributed by atoms with Crippen LogP contribution in [0.3, 0.4) is 0 Å². The first-order chi connectivity index (χ1) is 9.46. The van der Waals surface area contributed by atoms with Gasteiger partial charge in [0.1, 0.15) is 5.82 Å². The van der Waals surface area contributed by atoms with Gasteiger partial charge in [0.25, 0.3) is 10.0 Å². The van der Waals surface area contributed by atoms with Crippen LogP contribution in [0.1, 0.15) is 6.92 Å². The first-order valence-electron chi connectivity index (χ1n) is 6.09. The van der Waals surface area contributed by atoms with Crippen molar-refractivity contribution >= 4 is 21.4 Å². The Morgan fingerprint density at radius 2 is 1.80 bits per heavy atom. The molecule has 0 saturated heterocycles. The van der Waals surface area contributed by atoms with Crippen molar-refractivity contribution in [2.45, 2.75) is 11.8 Å². The lowest BCUT2D eigenvalue weighted by atomic mass is 10.3. The van der Waals surface area contributed by atoms with E-state index in [0.29, 0.717) is 5.69 Å². The quantitative estimate of drug-likeness (QED) is 0.882. The van der Waals surface area contributed by atoms with Gasteiger partial charge in [-0.05, 0) is 37.3 Å². The number of hydrogen-bond acceptors (Lipinski definition) is 3. The van der Waals surface area contributed by atoms with Crippen LogP contribution < -0.4 is 10.0 Å². The maximum atomic E-state index is 13.5. The number of nitrogens with two attached hydrogens (primary N) is 1. The van der Waals surface area contributed by atoms with Crippen LogP contribution in [-0.4, -0.2) is 15.0 Å². The number of para-hydroxylation sites is 1. The summed E-state index contributed by atoms with van der Waals surface area (Å²) >= 11 is 0.